The Labute approximate surface area is 107 Å². The Morgan fingerprint density at radius 3 is 2.82 bits per heavy atom. The third kappa shape index (κ3) is 1.79. The summed E-state index contributed by atoms with van der Waals surface area (Å²) in [5.74, 6) is 0. The zero-order chi connectivity index (χ0) is 11.9. The van der Waals surface area contributed by atoms with Gasteiger partial charge in [-0.2, -0.15) is 0 Å². The summed E-state index contributed by atoms with van der Waals surface area (Å²) in [6.45, 7) is 1.64. The van der Waals surface area contributed by atoms with Crippen molar-refractivity contribution in [2.45, 2.75) is 37.1 Å². The number of halogens is 1. The molecule has 1 aliphatic carbocycles. The highest BCUT2D eigenvalue weighted by Crippen LogP contribution is 2.44. The number of nitrogens with two attached hydrogens (primary N) is 1. The number of hydrogen-bond donors (Lipinski definition) is 1. The largest absolute Gasteiger partial charge is 0.381 e. The SMILES string of the molecule is NC1CCc2ccc(Cl)cc2C12CCOCC2. The summed E-state index contributed by atoms with van der Waals surface area (Å²) in [6.07, 6.45) is 4.22. The molecule has 1 aliphatic heterocycles. The van der Waals surface area contributed by atoms with E-state index in [0.29, 0.717) is 0 Å². The highest BCUT2D eigenvalue weighted by Gasteiger charge is 2.43. The molecule has 92 valence electrons. The zero-order valence-corrected chi connectivity index (χ0v) is 10.7. The van der Waals surface area contributed by atoms with E-state index in [0.717, 1.165) is 43.9 Å². The van der Waals surface area contributed by atoms with Crippen LogP contribution in [0.2, 0.25) is 5.02 Å². The molecule has 1 aromatic rings. The van der Waals surface area contributed by atoms with Crippen molar-refractivity contribution in [1.29, 1.82) is 0 Å². The molecular weight excluding hydrogens is 234 g/mol. The quantitative estimate of drug-likeness (QED) is 0.770. The summed E-state index contributed by atoms with van der Waals surface area (Å²) in [6, 6.07) is 6.53. The van der Waals surface area contributed by atoms with Gasteiger partial charge in [-0.3, -0.25) is 0 Å². The van der Waals surface area contributed by atoms with E-state index in [1.54, 1.807) is 0 Å². The third-order valence-electron chi connectivity index (χ3n) is 4.43. The summed E-state index contributed by atoms with van der Waals surface area (Å²) >= 11 is 6.15. The smallest absolute Gasteiger partial charge is 0.0475 e. The molecule has 1 aromatic carbocycles. The highest BCUT2D eigenvalue weighted by molar-refractivity contribution is 6.30. The second kappa shape index (κ2) is 4.27. The van der Waals surface area contributed by atoms with E-state index in [2.05, 4.69) is 12.1 Å². The second-order valence-corrected chi connectivity index (χ2v) is 5.65. The van der Waals surface area contributed by atoms with Crippen molar-refractivity contribution >= 4 is 11.6 Å². The molecular formula is C14H18ClNO. The molecule has 0 saturated carbocycles. The summed E-state index contributed by atoms with van der Waals surface area (Å²) in [5, 5.41) is 0.823. The van der Waals surface area contributed by atoms with Gasteiger partial charge < -0.3 is 10.5 Å². The van der Waals surface area contributed by atoms with Crippen molar-refractivity contribution < 1.29 is 4.74 Å². The average molecular weight is 252 g/mol. The van der Waals surface area contributed by atoms with Crippen LogP contribution in [0.25, 0.3) is 0 Å². The van der Waals surface area contributed by atoms with E-state index >= 15 is 0 Å². The van der Waals surface area contributed by atoms with Crippen molar-refractivity contribution in [2.75, 3.05) is 13.2 Å². The van der Waals surface area contributed by atoms with Crippen molar-refractivity contribution in [3.63, 3.8) is 0 Å². The van der Waals surface area contributed by atoms with E-state index in [-0.39, 0.29) is 11.5 Å². The topological polar surface area (TPSA) is 35.2 Å². The fourth-order valence-electron chi connectivity index (χ4n) is 3.39. The molecule has 0 radical (unpaired) electrons. The molecule has 1 saturated heterocycles. The van der Waals surface area contributed by atoms with Crippen molar-refractivity contribution in [3.05, 3.63) is 34.3 Å². The van der Waals surface area contributed by atoms with Gasteiger partial charge >= 0.3 is 0 Å². The highest BCUT2D eigenvalue weighted by atomic mass is 35.5. The van der Waals surface area contributed by atoms with E-state index < -0.39 is 0 Å². The Kier molecular flexibility index (Phi) is 2.89. The number of rotatable bonds is 0. The van der Waals surface area contributed by atoms with Crippen LogP contribution in [0.5, 0.6) is 0 Å². The van der Waals surface area contributed by atoms with Gasteiger partial charge in [0.15, 0.2) is 0 Å². The molecule has 1 spiro atoms. The number of ether oxygens (including phenoxy) is 1. The number of hydrogen-bond acceptors (Lipinski definition) is 2. The fraction of sp³-hybridized carbons (Fsp3) is 0.571. The van der Waals surface area contributed by atoms with Gasteiger partial charge in [-0.25, -0.2) is 0 Å². The minimum Gasteiger partial charge on any atom is -0.381 e. The Balaban J connectivity index is 2.11. The van der Waals surface area contributed by atoms with Crippen LogP contribution >= 0.6 is 11.6 Å². The molecule has 0 bridgehead atoms. The molecule has 1 fully saturated rings. The second-order valence-electron chi connectivity index (χ2n) is 5.22. The van der Waals surface area contributed by atoms with E-state index in [1.807, 2.05) is 6.07 Å². The van der Waals surface area contributed by atoms with Crippen LogP contribution in [0.1, 0.15) is 30.4 Å². The first-order chi connectivity index (χ1) is 8.22. The normalized spacial score (nSPS) is 26.8. The molecule has 2 nitrogen and oxygen atoms in total. The Morgan fingerprint density at radius 1 is 1.29 bits per heavy atom. The molecule has 3 rings (SSSR count). The molecule has 1 unspecified atom stereocenters. The van der Waals surface area contributed by atoms with E-state index in [9.17, 15) is 0 Å². The molecule has 0 aromatic heterocycles. The first-order valence-electron chi connectivity index (χ1n) is 6.35. The Hall–Kier alpha value is -0.570. The lowest BCUT2D eigenvalue weighted by Crippen LogP contribution is -2.51. The van der Waals surface area contributed by atoms with Crippen molar-refractivity contribution in [3.8, 4) is 0 Å². The Bertz CT molecular complexity index is 426. The first kappa shape index (κ1) is 11.5. The molecule has 0 amide bonds. The lowest BCUT2D eigenvalue weighted by Gasteiger charge is -2.46. The van der Waals surface area contributed by atoms with Crippen LogP contribution in [0.15, 0.2) is 18.2 Å². The summed E-state index contributed by atoms with van der Waals surface area (Å²) < 4.78 is 5.50. The van der Waals surface area contributed by atoms with Gasteiger partial charge in [-0.1, -0.05) is 17.7 Å². The van der Waals surface area contributed by atoms with Gasteiger partial charge in [0.05, 0.1) is 0 Å². The predicted molar refractivity (Wildman–Crippen MR) is 69.5 cm³/mol. The van der Waals surface area contributed by atoms with Gasteiger partial charge in [0, 0.05) is 29.7 Å². The molecule has 3 heteroatoms. The van der Waals surface area contributed by atoms with E-state index in [1.165, 1.54) is 11.1 Å². The van der Waals surface area contributed by atoms with Gasteiger partial charge in [-0.05, 0) is 48.9 Å². The number of aryl methyl sites for hydroxylation is 1. The molecule has 2 aliphatic rings. The lowest BCUT2D eigenvalue weighted by molar-refractivity contribution is 0.0360. The van der Waals surface area contributed by atoms with Crippen LogP contribution < -0.4 is 5.73 Å². The van der Waals surface area contributed by atoms with Crippen LogP contribution in [-0.4, -0.2) is 19.3 Å². The van der Waals surface area contributed by atoms with Crippen LogP contribution in [0.3, 0.4) is 0 Å². The van der Waals surface area contributed by atoms with Gasteiger partial charge in [0.1, 0.15) is 0 Å². The Morgan fingerprint density at radius 2 is 2.06 bits per heavy atom. The maximum absolute atomic E-state index is 6.41. The van der Waals surface area contributed by atoms with E-state index in [4.69, 9.17) is 22.1 Å². The van der Waals surface area contributed by atoms with Crippen LogP contribution in [-0.2, 0) is 16.6 Å². The first-order valence-corrected chi connectivity index (χ1v) is 6.72. The fourth-order valence-corrected chi connectivity index (χ4v) is 3.57. The monoisotopic (exact) mass is 251 g/mol. The third-order valence-corrected chi connectivity index (χ3v) is 4.66. The molecule has 2 N–H and O–H groups in total. The van der Waals surface area contributed by atoms with Gasteiger partial charge in [0.2, 0.25) is 0 Å². The van der Waals surface area contributed by atoms with Crippen molar-refractivity contribution in [1.82, 2.24) is 0 Å². The van der Waals surface area contributed by atoms with Crippen molar-refractivity contribution in [2.24, 2.45) is 5.73 Å². The molecule has 1 atom stereocenters. The summed E-state index contributed by atoms with van der Waals surface area (Å²) in [7, 11) is 0. The summed E-state index contributed by atoms with van der Waals surface area (Å²) in [5.41, 5.74) is 9.33. The van der Waals surface area contributed by atoms with Gasteiger partial charge in [-0.15, -0.1) is 0 Å². The number of benzene rings is 1. The van der Waals surface area contributed by atoms with Gasteiger partial charge in [0.25, 0.3) is 0 Å². The standard InChI is InChI=1S/C14H18ClNO/c15-11-3-1-10-2-4-13(16)14(12(10)9-11)5-7-17-8-6-14/h1,3,9,13H,2,4-8,16H2. The zero-order valence-electron chi connectivity index (χ0n) is 9.92. The maximum atomic E-state index is 6.41. The average Bonchev–Trinajstić information content (AvgIpc) is 2.36. The predicted octanol–water partition coefficient (Wildman–Crippen LogP) is 2.66. The maximum Gasteiger partial charge on any atom is 0.0475 e. The minimum atomic E-state index is 0.108. The minimum absolute atomic E-state index is 0.108. The van der Waals surface area contributed by atoms with Crippen LogP contribution in [0.4, 0.5) is 0 Å². The van der Waals surface area contributed by atoms with Crippen LogP contribution in [0, 0.1) is 0 Å². The summed E-state index contributed by atoms with van der Waals surface area (Å²) in [4.78, 5) is 0. The molecule has 17 heavy (non-hydrogen) atoms. The number of fused-ring (bicyclic) bond motifs is 2. The lowest BCUT2D eigenvalue weighted by atomic mass is 9.63. The molecule has 1 heterocycles.